The average Bonchev–Trinajstić information content (AvgIpc) is 2.49. The van der Waals surface area contributed by atoms with Crippen molar-refractivity contribution in [2.75, 3.05) is 38.5 Å². The van der Waals surface area contributed by atoms with Crippen molar-refractivity contribution in [2.24, 2.45) is 0 Å². The number of nitrogens with one attached hydrogen (secondary N) is 1. The number of pyridine rings is 1. The summed E-state index contributed by atoms with van der Waals surface area (Å²) in [4.78, 5) is 9.48. The monoisotopic (exact) mass is 276 g/mol. The first kappa shape index (κ1) is 15.3. The third-order valence-corrected chi connectivity index (χ3v) is 4.28. The first-order valence-corrected chi connectivity index (χ1v) is 7.85. The Bertz CT molecular complexity index is 399. The van der Waals surface area contributed by atoms with Gasteiger partial charge in [-0.15, -0.1) is 0 Å². The summed E-state index contributed by atoms with van der Waals surface area (Å²) in [5, 5.41) is 3.35. The number of anilines is 1. The van der Waals surface area contributed by atoms with Crippen molar-refractivity contribution in [1.82, 2.24) is 14.8 Å². The predicted molar refractivity (Wildman–Crippen MR) is 85.0 cm³/mol. The van der Waals surface area contributed by atoms with E-state index in [-0.39, 0.29) is 0 Å². The summed E-state index contributed by atoms with van der Waals surface area (Å²) in [5.74, 6) is 1.04. The van der Waals surface area contributed by atoms with Crippen molar-refractivity contribution >= 4 is 5.82 Å². The molecule has 1 aromatic rings. The van der Waals surface area contributed by atoms with Crippen LogP contribution in [-0.4, -0.2) is 54.1 Å². The van der Waals surface area contributed by atoms with Gasteiger partial charge in [-0.1, -0.05) is 13.0 Å². The summed E-state index contributed by atoms with van der Waals surface area (Å²) in [6, 6.07) is 4.92. The molecule has 0 radical (unpaired) electrons. The fourth-order valence-corrected chi connectivity index (χ4v) is 2.97. The Morgan fingerprint density at radius 1 is 1.35 bits per heavy atom. The molecule has 1 fully saturated rings. The highest BCUT2D eigenvalue weighted by Gasteiger charge is 2.22. The van der Waals surface area contributed by atoms with Crippen LogP contribution < -0.4 is 5.32 Å². The fraction of sp³-hybridized carbons (Fsp3) is 0.688. The van der Waals surface area contributed by atoms with Crippen LogP contribution in [0.25, 0.3) is 0 Å². The second-order valence-corrected chi connectivity index (χ2v) is 5.62. The quantitative estimate of drug-likeness (QED) is 0.864. The SMILES string of the molecule is CCNc1ncccc1CN(C)C1CCN(CC)CC1. The molecule has 4 heteroatoms. The number of nitrogens with zero attached hydrogens (tertiary/aromatic N) is 3. The Morgan fingerprint density at radius 2 is 2.10 bits per heavy atom. The molecule has 0 aliphatic carbocycles. The van der Waals surface area contributed by atoms with Crippen molar-refractivity contribution in [3.8, 4) is 0 Å². The van der Waals surface area contributed by atoms with Crippen molar-refractivity contribution in [3.05, 3.63) is 23.9 Å². The van der Waals surface area contributed by atoms with Crippen LogP contribution in [0.5, 0.6) is 0 Å². The minimum Gasteiger partial charge on any atom is -0.370 e. The van der Waals surface area contributed by atoms with Crippen molar-refractivity contribution in [2.45, 2.75) is 39.3 Å². The normalized spacial score (nSPS) is 17.6. The molecule has 0 unspecified atom stereocenters. The van der Waals surface area contributed by atoms with E-state index >= 15 is 0 Å². The van der Waals surface area contributed by atoms with Crippen LogP contribution in [0.2, 0.25) is 0 Å². The molecule has 1 aliphatic heterocycles. The maximum Gasteiger partial charge on any atom is 0.130 e. The fourth-order valence-electron chi connectivity index (χ4n) is 2.97. The lowest BCUT2D eigenvalue weighted by Crippen LogP contribution is -2.43. The highest BCUT2D eigenvalue weighted by molar-refractivity contribution is 5.43. The van der Waals surface area contributed by atoms with Gasteiger partial charge in [0, 0.05) is 30.9 Å². The summed E-state index contributed by atoms with van der Waals surface area (Å²) in [6.45, 7) is 9.92. The predicted octanol–water partition coefficient (Wildman–Crippen LogP) is 2.43. The molecule has 2 rings (SSSR count). The van der Waals surface area contributed by atoms with Crippen molar-refractivity contribution < 1.29 is 0 Å². The van der Waals surface area contributed by atoms with Gasteiger partial charge in [-0.2, -0.15) is 0 Å². The third-order valence-electron chi connectivity index (χ3n) is 4.28. The summed E-state index contributed by atoms with van der Waals surface area (Å²) in [7, 11) is 2.25. The van der Waals surface area contributed by atoms with Crippen LogP contribution in [0, 0.1) is 0 Å². The first-order valence-electron chi connectivity index (χ1n) is 7.85. The lowest BCUT2D eigenvalue weighted by atomic mass is 10.0. The summed E-state index contributed by atoms with van der Waals surface area (Å²) in [6.07, 6.45) is 4.42. The van der Waals surface area contributed by atoms with Gasteiger partial charge in [-0.3, -0.25) is 4.90 Å². The van der Waals surface area contributed by atoms with Gasteiger partial charge in [0.25, 0.3) is 0 Å². The van der Waals surface area contributed by atoms with E-state index in [9.17, 15) is 0 Å². The Balaban J connectivity index is 1.93. The van der Waals surface area contributed by atoms with Crippen LogP contribution in [0.4, 0.5) is 5.82 Å². The lowest BCUT2D eigenvalue weighted by Gasteiger charge is -2.36. The molecule has 1 aromatic heterocycles. The number of likely N-dealkylation sites (tertiary alicyclic amines) is 1. The van der Waals surface area contributed by atoms with E-state index in [1.807, 2.05) is 12.3 Å². The molecule has 0 bridgehead atoms. The van der Waals surface area contributed by atoms with E-state index in [0.29, 0.717) is 6.04 Å². The number of hydrogen-bond donors (Lipinski definition) is 1. The van der Waals surface area contributed by atoms with Gasteiger partial charge in [0.15, 0.2) is 0 Å². The van der Waals surface area contributed by atoms with Gasteiger partial charge < -0.3 is 10.2 Å². The van der Waals surface area contributed by atoms with Crippen LogP contribution in [0.15, 0.2) is 18.3 Å². The molecule has 0 atom stereocenters. The van der Waals surface area contributed by atoms with Crippen molar-refractivity contribution in [1.29, 1.82) is 0 Å². The molecule has 1 aliphatic rings. The van der Waals surface area contributed by atoms with Crippen LogP contribution in [0.1, 0.15) is 32.3 Å². The molecule has 20 heavy (non-hydrogen) atoms. The summed E-state index contributed by atoms with van der Waals surface area (Å²) >= 11 is 0. The van der Waals surface area contributed by atoms with E-state index in [4.69, 9.17) is 0 Å². The number of aromatic nitrogens is 1. The van der Waals surface area contributed by atoms with Gasteiger partial charge >= 0.3 is 0 Å². The Morgan fingerprint density at radius 3 is 2.75 bits per heavy atom. The van der Waals surface area contributed by atoms with Crippen LogP contribution in [-0.2, 0) is 6.54 Å². The molecular formula is C16H28N4. The molecule has 4 nitrogen and oxygen atoms in total. The first-order chi connectivity index (χ1) is 9.74. The van der Waals surface area contributed by atoms with Crippen LogP contribution >= 0.6 is 0 Å². The van der Waals surface area contributed by atoms with Gasteiger partial charge in [-0.25, -0.2) is 4.98 Å². The molecule has 2 heterocycles. The van der Waals surface area contributed by atoms with E-state index < -0.39 is 0 Å². The molecular weight excluding hydrogens is 248 g/mol. The zero-order valence-corrected chi connectivity index (χ0v) is 13.1. The van der Waals surface area contributed by atoms with Gasteiger partial charge in [-0.05, 0) is 52.5 Å². The number of rotatable bonds is 6. The number of piperidine rings is 1. The maximum atomic E-state index is 4.45. The van der Waals surface area contributed by atoms with Crippen molar-refractivity contribution in [3.63, 3.8) is 0 Å². The second kappa shape index (κ2) is 7.60. The summed E-state index contributed by atoms with van der Waals surface area (Å²) in [5.41, 5.74) is 1.30. The topological polar surface area (TPSA) is 31.4 Å². The van der Waals surface area contributed by atoms with Gasteiger partial charge in [0.2, 0.25) is 0 Å². The molecule has 0 saturated carbocycles. The highest BCUT2D eigenvalue weighted by atomic mass is 15.2. The van der Waals surface area contributed by atoms with Crippen LogP contribution in [0.3, 0.4) is 0 Å². The Labute approximate surface area is 123 Å². The largest absolute Gasteiger partial charge is 0.370 e. The Kier molecular flexibility index (Phi) is 5.80. The molecule has 0 aromatic carbocycles. The van der Waals surface area contributed by atoms with E-state index in [1.165, 1.54) is 38.0 Å². The molecule has 0 amide bonds. The highest BCUT2D eigenvalue weighted by Crippen LogP contribution is 2.19. The van der Waals surface area contributed by atoms with E-state index in [2.05, 4.69) is 47.1 Å². The lowest BCUT2D eigenvalue weighted by molar-refractivity contribution is 0.127. The molecule has 0 spiro atoms. The molecule has 112 valence electrons. The Hall–Kier alpha value is -1.13. The van der Waals surface area contributed by atoms with E-state index in [0.717, 1.165) is 18.9 Å². The average molecular weight is 276 g/mol. The molecule has 1 saturated heterocycles. The van der Waals surface area contributed by atoms with Gasteiger partial charge in [0.1, 0.15) is 5.82 Å². The zero-order valence-electron chi connectivity index (χ0n) is 13.1. The summed E-state index contributed by atoms with van der Waals surface area (Å²) < 4.78 is 0. The van der Waals surface area contributed by atoms with Gasteiger partial charge in [0.05, 0.1) is 0 Å². The number of hydrogen-bond acceptors (Lipinski definition) is 4. The zero-order chi connectivity index (χ0) is 14.4. The van der Waals surface area contributed by atoms with E-state index in [1.54, 1.807) is 0 Å². The molecule has 1 N–H and O–H groups in total. The maximum absolute atomic E-state index is 4.45. The minimum atomic E-state index is 0.701. The second-order valence-electron chi connectivity index (χ2n) is 5.62. The standard InChI is InChI=1S/C16H28N4/c1-4-17-16-14(7-6-10-18-16)13-19(3)15-8-11-20(5-2)12-9-15/h6-7,10,15H,4-5,8-9,11-13H2,1-3H3,(H,17,18). The smallest absolute Gasteiger partial charge is 0.130 e. The minimum absolute atomic E-state index is 0.701. The third kappa shape index (κ3) is 3.93.